The Hall–Kier alpha value is -3.25. The number of hydrogen-bond donors (Lipinski definition) is 1. The molecule has 4 aromatic rings. The van der Waals surface area contributed by atoms with Crippen molar-refractivity contribution in [2.24, 2.45) is 0 Å². The van der Waals surface area contributed by atoms with Crippen molar-refractivity contribution >= 4 is 61.5 Å². The SMILES string of the molecule is CCS(=O)(=O)n1cc2c3ccc(cc31)OCCCCCCOc1cc(c(Cl)cc1N1CCOCC1)Nc1ncc(Cl)c-2n1. The number of anilines is 3. The Morgan fingerprint density at radius 1 is 0.953 bits per heavy atom. The lowest BCUT2D eigenvalue weighted by molar-refractivity contribution is 0.122. The fraction of sp³-hybridized carbons (Fsp3) is 0.400. The first-order valence-electron chi connectivity index (χ1n) is 14.4. The smallest absolute Gasteiger partial charge is 0.238 e. The molecule has 5 heterocycles. The van der Waals surface area contributed by atoms with Crippen LogP contribution in [0.25, 0.3) is 22.2 Å². The first kappa shape index (κ1) is 29.8. The summed E-state index contributed by atoms with van der Waals surface area (Å²) in [6.45, 7) is 5.45. The molecule has 0 amide bonds. The minimum Gasteiger partial charge on any atom is -0.494 e. The molecule has 8 bridgehead atoms. The van der Waals surface area contributed by atoms with Gasteiger partial charge in [0.15, 0.2) is 0 Å². The second-order valence-electron chi connectivity index (χ2n) is 10.4. The van der Waals surface area contributed by atoms with Crippen LogP contribution in [0, 0.1) is 0 Å². The van der Waals surface area contributed by atoms with Crippen molar-refractivity contribution in [2.45, 2.75) is 32.6 Å². The molecule has 0 saturated carbocycles. The molecule has 0 unspecified atom stereocenters. The van der Waals surface area contributed by atoms with Crippen molar-refractivity contribution < 1.29 is 22.6 Å². The molecular formula is C30H33Cl2N5O5S. The van der Waals surface area contributed by atoms with E-state index in [1.807, 2.05) is 24.3 Å². The normalized spacial score (nSPS) is 16.5. The van der Waals surface area contributed by atoms with Crippen molar-refractivity contribution in [3.05, 3.63) is 52.8 Å². The third kappa shape index (κ3) is 6.35. The van der Waals surface area contributed by atoms with Crippen molar-refractivity contribution in [2.75, 3.05) is 55.5 Å². The Balaban J connectivity index is 1.46. The fourth-order valence-electron chi connectivity index (χ4n) is 5.30. The number of halogens is 2. The Morgan fingerprint density at radius 2 is 1.72 bits per heavy atom. The average molecular weight is 647 g/mol. The molecule has 1 saturated heterocycles. The number of nitrogens with zero attached hydrogens (tertiary/aromatic N) is 4. The second kappa shape index (κ2) is 12.8. The van der Waals surface area contributed by atoms with Crippen LogP contribution in [0.5, 0.6) is 11.5 Å². The molecule has 228 valence electrons. The molecule has 13 heteroatoms. The molecule has 43 heavy (non-hydrogen) atoms. The third-order valence-electron chi connectivity index (χ3n) is 7.62. The van der Waals surface area contributed by atoms with Crippen LogP contribution in [-0.2, 0) is 14.8 Å². The highest BCUT2D eigenvalue weighted by Gasteiger charge is 2.23. The predicted molar refractivity (Wildman–Crippen MR) is 170 cm³/mol. The summed E-state index contributed by atoms with van der Waals surface area (Å²) in [6, 6.07) is 9.20. The molecule has 1 fully saturated rings. The number of rotatable bonds is 3. The minimum absolute atomic E-state index is 0.0744. The summed E-state index contributed by atoms with van der Waals surface area (Å²) in [7, 11) is -3.63. The van der Waals surface area contributed by atoms with E-state index >= 15 is 0 Å². The van der Waals surface area contributed by atoms with E-state index in [0.29, 0.717) is 70.8 Å². The highest BCUT2D eigenvalue weighted by molar-refractivity contribution is 7.90. The van der Waals surface area contributed by atoms with Gasteiger partial charge in [-0.15, -0.1) is 0 Å². The standard InChI is InChI=1S/C30H33Cl2N5O5S/c1-2-43(38,39)37-19-22-21-8-7-20(15-26(21)37)41-11-5-3-4-6-12-42-28-17-25(34-30-33-18-24(32)29(22)35-30)23(31)16-27(28)36-9-13-40-14-10-36/h7-8,15-19H,2-6,9-14H2,1H3,(H,33,34,35). The van der Waals surface area contributed by atoms with Crippen LogP contribution in [0.4, 0.5) is 17.3 Å². The molecular weight excluding hydrogens is 613 g/mol. The van der Waals surface area contributed by atoms with Crippen LogP contribution in [0.15, 0.2) is 42.7 Å². The predicted octanol–water partition coefficient (Wildman–Crippen LogP) is 6.51. The highest BCUT2D eigenvalue weighted by atomic mass is 35.5. The molecule has 2 aromatic carbocycles. The first-order valence-corrected chi connectivity index (χ1v) is 16.8. The molecule has 2 aromatic heterocycles. The monoisotopic (exact) mass is 645 g/mol. The van der Waals surface area contributed by atoms with Crippen molar-refractivity contribution in [3.63, 3.8) is 0 Å². The molecule has 7 rings (SSSR count). The fourth-order valence-corrected chi connectivity index (χ4v) is 6.69. The van der Waals surface area contributed by atoms with Gasteiger partial charge in [0.1, 0.15) is 11.5 Å². The van der Waals surface area contributed by atoms with E-state index < -0.39 is 10.0 Å². The van der Waals surface area contributed by atoms with E-state index in [9.17, 15) is 8.42 Å². The van der Waals surface area contributed by atoms with Crippen LogP contribution in [0.2, 0.25) is 10.0 Å². The maximum absolute atomic E-state index is 13.1. The summed E-state index contributed by atoms with van der Waals surface area (Å²) >= 11 is 13.4. The number of morpholine rings is 1. The Labute approximate surface area is 260 Å². The van der Waals surface area contributed by atoms with Crippen LogP contribution in [0.1, 0.15) is 32.6 Å². The largest absolute Gasteiger partial charge is 0.494 e. The van der Waals surface area contributed by atoms with Gasteiger partial charge < -0.3 is 24.4 Å². The van der Waals surface area contributed by atoms with Crippen molar-refractivity contribution in [3.8, 4) is 22.8 Å². The van der Waals surface area contributed by atoms with E-state index in [-0.39, 0.29) is 16.7 Å². The van der Waals surface area contributed by atoms with Crippen LogP contribution >= 0.6 is 23.2 Å². The van der Waals surface area contributed by atoms with Gasteiger partial charge in [0.2, 0.25) is 16.0 Å². The van der Waals surface area contributed by atoms with E-state index in [2.05, 4.69) is 15.2 Å². The summed E-state index contributed by atoms with van der Waals surface area (Å²) in [5, 5.41) is 4.66. The third-order valence-corrected chi connectivity index (χ3v) is 9.84. The molecule has 10 nitrogen and oxygen atoms in total. The molecule has 0 spiro atoms. The van der Waals surface area contributed by atoms with E-state index in [1.54, 1.807) is 19.2 Å². The number of benzene rings is 2. The summed E-state index contributed by atoms with van der Waals surface area (Å²) < 4.78 is 45.4. The quantitative estimate of drug-likeness (QED) is 0.266. The van der Waals surface area contributed by atoms with E-state index in [4.69, 9.17) is 42.4 Å². The topological polar surface area (TPSA) is 108 Å². The van der Waals surface area contributed by atoms with Crippen LogP contribution in [-0.4, -0.2) is 67.6 Å². The van der Waals surface area contributed by atoms with E-state index in [0.717, 1.165) is 44.5 Å². The molecule has 1 N–H and O–H groups in total. The Kier molecular flexibility index (Phi) is 8.85. The van der Waals surface area contributed by atoms with Crippen molar-refractivity contribution in [1.82, 2.24) is 13.9 Å². The zero-order valence-electron chi connectivity index (χ0n) is 23.8. The Morgan fingerprint density at radius 3 is 2.49 bits per heavy atom. The number of hydrogen-bond acceptors (Lipinski definition) is 9. The molecule has 0 radical (unpaired) electrons. The number of ether oxygens (including phenoxy) is 3. The lowest BCUT2D eigenvalue weighted by Gasteiger charge is -2.31. The molecule has 3 aliphatic heterocycles. The molecule has 3 aliphatic rings. The average Bonchev–Trinajstić information content (AvgIpc) is 3.40. The summed E-state index contributed by atoms with van der Waals surface area (Å²) in [5.74, 6) is 1.49. The number of aromatic nitrogens is 3. The maximum atomic E-state index is 13.1. The van der Waals surface area contributed by atoms with Gasteiger partial charge in [-0.2, -0.15) is 0 Å². The summed E-state index contributed by atoms with van der Waals surface area (Å²) in [5.41, 5.74) is 2.93. The summed E-state index contributed by atoms with van der Waals surface area (Å²) in [6.07, 6.45) is 6.75. The van der Waals surface area contributed by atoms with Gasteiger partial charge in [-0.1, -0.05) is 23.2 Å². The van der Waals surface area contributed by atoms with Gasteiger partial charge in [-0.05, 0) is 50.8 Å². The van der Waals surface area contributed by atoms with Crippen LogP contribution < -0.4 is 19.7 Å². The number of nitrogens with one attached hydrogen (secondary N) is 1. The molecule has 0 aliphatic carbocycles. The Bertz CT molecular complexity index is 1740. The molecule has 0 atom stereocenters. The maximum Gasteiger partial charge on any atom is 0.238 e. The van der Waals surface area contributed by atoms with E-state index in [1.165, 1.54) is 10.2 Å². The van der Waals surface area contributed by atoms with Crippen LogP contribution in [0.3, 0.4) is 0 Å². The zero-order valence-corrected chi connectivity index (χ0v) is 26.1. The van der Waals surface area contributed by atoms with Gasteiger partial charge in [-0.3, -0.25) is 0 Å². The first-order chi connectivity index (χ1) is 20.8. The van der Waals surface area contributed by atoms with Gasteiger partial charge in [0.25, 0.3) is 0 Å². The second-order valence-corrected chi connectivity index (χ2v) is 13.4. The zero-order chi connectivity index (χ0) is 30.0. The van der Waals surface area contributed by atoms with Gasteiger partial charge in [0.05, 0.1) is 71.0 Å². The van der Waals surface area contributed by atoms with Gasteiger partial charge in [-0.25, -0.2) is 22.4 Å². The van der Waals surface area contributed by atoms with Crippen molar-refractivity contribution in [1.29, 1.82) is 0 Å². The van der Waals surface area contributed by atoms with Gasteiger partial charge in [0, 0.05) is 42.4 Å². The number of fused-ring (bicyclic) bond motifs is 8. The highest BCUT2D eigenvalue weighted by Crippen LogP contribution is 2.40. The van der Waals surface area contributed by atoms with Gasteiger partial charge >= 0.3 is 0 Å². The lowest BCUT2D eigenvalue weighted by Crippen LogP contribution is -2.36. The minimum atomic E-state index is -3.63. The lowest BCUT2D eigenvalue weighted by atomic mass is 10.1. The summed E-state index contributed by atoms with van der Waals surface area (Å²) in [4.78, 5) is 11.3.